The molecule has 93 heavy (non-hydrogen) atoms. The topological polar surface area (TPSA) is 392 Å². The van der Waals surface area contributed by atoms with E-state index in [4.69, 9.17) is 33.2 Å². The third kappa shape index (κ3) is 14.5. The molecule has 0 aromatic heterocycles. The van der Waals surface area contributed by atoms with Crippen LogP contribution in [0.5, 0.6) is 17.2 Å². The second kappa shape index (κ2) is 28.0. The van der Waals surface area contributed by atoms with Crippen LogP contribution >= 0.6 is 0 Å². The van der Waals surface area contributed by atoms with Crippen molar-refractivity contribution in [2.45, 2.75) is 120 Å². The predicted octanol–water partition coefficient (Wildman–Crippen LogP) is 1.18. The lowest BCUT2D eigenvalue weighted by molar-refractivity contribution is -0.264. The van der Waals surface area contributed by atoms with Crippen LogP contribution in [0.25, 0.3) is 0 Å². The fraction of sp³-hybridized carbons (Fsp3) is 0.469. The number of ether oxygens (including phenoxy) is 7. The van der Waals surface area contributed by atoms with Crippen molar-refractivity contribution in [3.63, 3.8) is 0 Å². The minimum absolute atomic E-state index is 0.00450. The number of carbonyl (C=O) groups excluding carboxylic acids is 8. The molecular formula is C64H71N7O21S. The Balaban J connectivity index is 0.648. The number of methoxy groups -OCH3 is 1. The molecule has 10 N–H and O–H groups in total. The zero-order chi connectivity index (χ0) is 65.9. The van der Waals surface area contributed by atoms with Gasteiger partial charge in [-0.25, -0.2) is 9.52 Å². The van der Waals surface area contributed by atoms with Crippen LogP contribution in [0.4, 0.5) is 10.5 Å². The number of aliphatic hydroxyl groups excluding tert-OH is 1. The van der Waals surface area contributed by atoms with Gasteiger partial charge in [-0.1, -0.05) is 54.6 Å². The molecule has 1 unspecified atom stereocenters. The van der Waals surface area contributed by atoms with Crippen LogP contribution in [-0.4, -0.2) is 183 Å². The Morgan fingerprint density at radius 1 is 0.828 bits per heavy atom. The summed E-state index contributed by atoms with van der Waals surface area (Å²) in [6, 6.07) is 18.1. The molecule has 12 atom stereocenters. The number of hydrogen-bond donors (Lipinski definition) is 10. The Bertz CT molecular complexity index is 3750. The summed E-state index contributed by atoms with van der Waals surface area (Å²) in [4.78, 5) is 108. The van der Waals surface area contributed by atoms with Crippen molar-refractivity contribution in [1.29, 1.82) is 0 Å². The Morgan fingerprint density at radius 2 is 1.55 bits per heavy atom. The van der Waals surface area contributed by atoms with E-state index < -0.39 is 168 Å². The van der Waals surface area contributed by atoms with Gasteiger partial charge in [0.1, 0.15) is 41.6 Å². The number of anilines is 1. The lowest BCUT2D eigenvalue weighted by Gasteiger charge is -2.43. The summed E-state index contributed by atoms with van der Waals surface area (Å²) < 4.78 is 70.9. The summed E-state index contributed by atoms with van der Waals surface area (Å²) in [5.41, 5.74) is -2.18. The molecular weight excluding hydrogens is 1230 g/mol. The first kappa shape index (κ1) is 66.1. The van der Waals surface area contributed by atoms with Crippen LogP contribution in [0.1, 0.15) is 106 Å². The van der Waals surface area contributed by atoms with E-state index in [0.29, 0.717) is 35.2 Å². The highest BCUT2D eigenvalue weighted by molar-refractivity contribution is 7.88. The van der Waals surface area contributed by atoms with Crippen LogP contribution < -0.4 is 35.4 Å². The van der Waals surface area contributed by atoms with E-state index in [2.05, 4.69) is 38.0 Å². The molecule has 3 saturated heterocycles. The van der Waals surface area contributed by atoms with Gasteiger partial charge in [0.2, 0.25) is 29.4 Å². The lowest BCUT2D eigenvalue weighted by atomic mass is 9.72. The van der Waals surface area contributed by atoms with Gasteiger partial charge in [0, 0.05) is 73.5 Å². The number of hydrogen-bond acceptors (Lipinski definition) is 22. The number of carbonyl (C=O) groups is 8. The molecule has 1 saturated carbocycles. The zero-order valence-electron chi connectivity index (χ0n) is 50.7. The highest BCUT2D eigenvalue weighted by Crippen LogP contribution is 2.54. The van der Waals surface area contributed by atoms with Crippen LogP contribution in [0.2, 0.25) is 0 Å². The molecule has 494 valence electrons. The van der Waals surface area contributed by atoms with E-state index in [1.807, 2.05) is 4.72 Å². The zero-order valence-corrected chi connectivity index (χ0v) is 51.5. The van der Waals surface area contributed by atoms with E-state index in [-0.39, 0.29) is 72.6 Å². The normalized spacial score (nSPS) is 26.2. The summed E-state index contributed by atoms with van der Waals surface area (Å²) in [7, 11) is -3.19. The number of nitrogens with one attached hydrogen (secondary N) is 6. The van der Waals surface area contributed by atoms with Crippen LogP contribution in [-0.2, 0) is 82.1 Å². The standard InChI is InChI=1S/C64H71N7O21S/c1-33-59-43(24-50(90-33)91-45-26-64(83,46(73)30-72)25-40-52(45)58(80)54-53(56(40)78)55(77)39-15-10-16-44(86-2)51(39)57(54)79)71-21-22-87-62(61(71)92-59)88-31-35-17-19-36(20-18-35)68-48(75)28-66-60(81)42(23-34-11-6-5-7-12-34)69-49(76)27-65-47(74)29-67-93(84,85)70-63(82)89-32-41-37-13-8-3-4-9-14-38(37)41/h5-7,10-12,15-20,33,37-38,41-43,45,50,59,61-62,67,72,78,80,83H,8-9,13-14,21-32H2,1-2H3,(H,65,74)(H,66,81)(H,68,75)(H,69,76)(H,70,82)/t33-,37-,38+,41?,42-,43-,45-,50-,59+,61+,62+,64-/m0/s1. The van der Waals surface area contributed by atoms with E-state index in [1.165, 1.54) is 25.3 Å². The number of aromatic hydroxyl groups is 2. The number of phenolic OH excluding ortho intramolecular Hbond substituents is 2. The number of aliphatic hydroxyl groups is 2. The number of ketones is 3. The lowest BCUT2D eigenvalue weighted by Crippen LogP contribution is -2.55. The first-order valence-electron chi connectivity index (χ1n) is 30.5. The Hall–Kier alpha value is -8.41. The summed E-state index contributed by atoms with van der Waals surface area (Å²) in [6.07, 6.45) is -4.18. The largest absolute Gasteiger partial charge is 0.507 e. The van der Waals surface area contributed by atoms with Gasteiger partial charge in [0.15, 0.2) is 30.4 Å². The SMILES string of the molecule is COc1cccc2c1C(=O)c1c(O)c3c(c(O)c1C2=O)C[C@@](O)(C(=O)CO)C[C@@H]3O[C@H]1C[C@H]2[C@H](O[C@@H]3[C@@H](OCc4ccc(NC(=O)CNC(=O)[C@H](Cc5ccccc5)NC(=O)CNC(=O)CNS(=O)(=O)NC(=O)OCC5[C@H]6CCC#CCC[C@@H]56)cc4)OCCN32)[C@H](C)O1. The van der Waals surface area contributed by atoms with Gasteiger partial charge in [-0.05, 0) is 66.8 Å². The number of benzene rings is 4. The van der Waals surface area contributed by atoms with Gasteiger partial charge in [-0.2, -0.15) is 13.1 Å². The van der Waals surface area contributed by atoms with Crippen LogP contribution in [0.15, 0.2) is 72.8 Å². The summed E-state index contributed by atoms with van der Waals surface area (Å²) >= 11 is 0. The van der Waals surface area contributed by atoms with Crippen molar-refractivity contribution in [1.82, 2.24) is 30.3 Å². The number of phenols is 2. The molecule has 0 bridgehead atoms. The fourth-order valence-corrected chi connectivity index (χ4v) is 14.0. The van der Waals surface area contributed by atoms with Crippen molar-refractivity contribution in [3.8, 4) is 29.1 Å². The summed E-state index contributed by atoms with van der Waals surface area (Å²) in [5.74, 6) is 0.0471. The monoisotopic (exact) mass is 1310 g/mol. The van der Waals surface area contributed by atoms with E-state index >= 15 is 0 Å². The molecule has 3 aliphatic heterocycles. The Labute approximate surface area is 533 Å². The van der Waals surface area contributed by atoms with E-state index in [9.17, 15) is 67.2 Å². The van der Waals surface area contributed by atoms with Gasteiger partial charge in [-0.15, -0.1) is 11.8 Å². The predicted molar refractivity (Wildman–Crippen MR) is 323 cm³/mol. The second-order valence-corrected chi connectivity index (χ2v) is 25.3. The van der Waals surface area contributed by atoms with Crippen molar-refractivity contribution < 1.29 is 100 Å². The van der Waals surface area contributed by atoms with Gasteiger partial charge in [0.25, 0.3) is 0 Å². The van der Waals surface area contributed by atoms with Crippen molar-refractivity contribution in [3.05, 3.63) is 117 Å². The van der Waals surface area contributed by atoms with Gasteiger partial charge >= 0.3 is 16.3 Å². The molecule has 4 fully saturated rings. The van der Waals surface area contributed by atoms with Crippen LogP contribution in [0.3, 0.4) is 0 Å². The third-order valence-electron chi connectivity index (χ3n) is 18.0. The molecule has 4 aromatic carbocycles. The van der Waals surface area contributed by atoms with Crippen molar-refractivity contribution in [2.24, 2.45) is 17.8 Å². The third-order valence-corrected chi connectivity index (χ3v) is 18.9. The molecule has 4 aliphatic carbocycles. The molecule has 5 amide bonds. The number of rotatable bonds is 23. The second-order valence-electron chi connectivity index (χ2n) is 23.8. The molecule has 11 rings (SSSR count). The van der Waals surface area contributed by atoms with Crippen molar-refractivity contribution >= 4 is 63.0 Å². The Kier molecular flexibility index (Phi) is 19.9. The maximum Gasteiger partial charge on any atom is 0.421 e. The van der Waals surface area contributed by atoms with Crippen LogP contribution in [0, 0.1) is 29.6 Å². The molecule has 0 spiro atoms. The molecule has 7 aliphatic rings. The first-order chi connectivity index (χ1) is 44.6. The van der Waals surface area contributed by atoms with E-state index in [0.717, 1.165) is 25.7 Å². The summed E-state index contributed by atoms with van der Waals surface area (Å²) in [5, 5.41) is 55.6. The molecule has 28 nitrogen and oxygen atoms in total. The summed E-state index contributed by atoms with van der Waals surface area (Å²) in [6.45, 7) is -0.536. The molecule has 29 heteroatoms. The maximum absolute atomic E-state index is 14.2. The fourth-order valence-electron chi connectivity index (χ4n) is 13.3. The van der Waals surface area contributed by atoms with Crippen molar-refractivity contribution in [2.75, 3.05) is 58.4 Å². The molecule has 0 radical (unpaired) electrons. The Morgan fingerprint density at radius 3 is 2.27 bits per heavy atom. The number of Topliss-reactive ketones (excluding diaryl/α,β-unsaturated/α-hetero) is 1. The number of fused-ring (bicyclic) bond motifs is 7. The first-order valence-corrected chi connectivity index (χ1v) is 32.0. The molecule has 4 aromatic rings. The number of morpholine rings is 1. The number of amides is 5. The van der Waals surface area contributed by atoms with Gasteiger partial charge in [0.05, 0.1) is 75.5 Å². The maximum atomic E-state index is 14.2. The smallest absolute Gasteiger partial charge is 0.421 e. The quantitative estimate of drug-likeness (QED) is 0.0324. The number of nitrogens with zero attached hydrogens (tertiary/aromatic N) is 1. The highest BCUT2D eigenvalue weighted by atomic mass is 32.2. The molecule has 3 heterocycles. The highest BCUT2D eigenvalue weighted by Gasteiger charge is 2.56. The average molecular weight is 1310 g/mol. The van der Waals surface area contributed by atoms with E-state index in [1.54, 1.807) is 66.2 Å². The van der Waals surface area contributed by atoms with Gasteiger partial charge in [-0.3, -0.25) is 38.5 Å². The van der Waals surface area contributed by atoms with Gasteiger partial charge < -0.3 is 74.9 Å². The minimum Gasteiger partial charge on any atom is -0.507 e. The average Bonchev–Trinajstić information content (AvgIpc) is 1.14. The minimum atomic E-state index is -4.51.